The van der Waals surface area contributed by atoms with E-state index in [4.69, 9.17) is 4.74 Å². The van der Waals surface area contributed by atoms with Crippen LogP contribution in [0.1, 0.15) is 25.0 Å². The predicted molar refractivity (Wildman–Crippen MR) is 81.5 cm³/mol. The monoisotopic (exact) mass is 255 g/mol. The van der Waals surface area contributed by atoms with E-state index in [9.17, 15) is 0 Å². The fourth-order valence-corrected chi connectivity index (χ4v) is 2.25. The van der Waals surface area contributed by atoms with Crippen molar-refractivity contribution in [2.45, 2.75) is 26.7 Å². The molecule has 0 bridgehead atoms. The molecule has 2 aromatic carbocycles. The number of hydrogen-bond acceptors (Lipinski definition) is 2. The first-order chi connectivity index (χ1) is 9.28. The minimum atomic E-state index is 0.872. The highest BCUT2D eigenvalue weighted by Gasteiger charge is 2.06. The molecule has 1 N–H and O–H groups in total. The highest BCUT2D eigenvalue weighted by atomic mass is 16.5. The van der Waals surface area contributed by atoms with E-state index in [2.05, 4.69) is 43.4 Å². The molecule has 0 atom stereocenters. The number of rotatable bonds is 5. The minimum absolute atomic E-state index is 0.872. The zero-order chi connectivity index (χ0) is 13.7. The molecule has 2 aromatic rings. The van der Waals surface area contributed by atoms with Crippen LogP contribution >= 0.6 is 0 Å². The van der Waals surface area contributed by atoms with Gasteiger partial charge in [-0.1, -0.05) is 38.1 Å². The van der Waals surface area contributed by atoms with Crippen LogP contribution in [0.4, 0.5) is 11.4 Å². The van der Waals surface area contributed by atoms with Crippen LogP contribution in [0.3, 0.4) is 0 Å². The summed E-state index contributed by atoms with van der Waals surface area (Å²) in [5.74, 6) is 0.872. The summed E-state index contributed by atoms with van der Waals surface area (Å²) in [6.07, 6.45) is 2.06. The van der Waals surface area contributed by atoms with Crippen molar-refractivity contribution in [3.8, 4) is 5.75 Å². The summed E-state index contributed by atoms with van der Waals surface area (Å²) in [7, 11) is 1.69. The first kappa shape index (κ1) is 13.5. The van der Waals surface area contributed by atoms with Gasteiger partial charge in [0.25, 0.3) is 0 Å². The molecule has 2 heteroatoms. The average molecular weight is 255 g/mol. The lowest BCUT2D eigenvalue weighted by Gasteiger charge is -2.16. The second-order valence-corrected chi connectivity index (χ2v) is 4.52. The third kappa shape index (κ3) is 3.08. The van der Waals surface area contributed by atoms with E-state index in [1.165, 1.54) is 16.8 Å². The Bertz CT molecular complexity index is 526. The van der Waals surface area contributed by atoms with Crippen LogP contribution in [0.15, 0.2) is 42.5 Å². The SMILES string of the molecule is CCc1cccc(CC)c1Nc1cccc(OC)c1. The summed E-state index contributed by atoms with van der Waals surface area (Å²) in [5, 5.41) is 3.54. The van der Waals surface area contributed by atoms with Crippen molar-refractivity contribution in [1.29, 1.82) is 0 Å². The number of methoxy groups -OCH3 is 1. The van der Waals surface area contributed by atoms with E-state index in [0.717, 1.165) is 24.3 Å². The van der Waals surface area contributed by atoms with Crippen molar-refractivity contribution in [3.63, 3.8) is 0 Å². The van der Waals surface area contributed by atoms with Crippen LogP contribution in [0.5, 0.6) is 5.75 Å². The molecule has 0 aliphatic rings. The molecule has 0 heterocycles. The van der Waals surface area contributed by atoms with Crippen LogP contribution in [-0.4, -0.2) is 7.11 Å². The molecule has 0 saturated carbocycles. The van der Waals surface area contributed by atoms with Crippen molar-refractivity contribution in [3.05, 3.63) is 53.6 Å². The lowest BCUT2D eigenvalue weighted by molar-refractivity contribution is 0.415. The molecule has 100 valence electrons. The molecule has 0 spiro atoms. The van der Waals surface area contributed by atoms with Crippen molar-refractivity contribution in [1.82, 2.24) is 0 Å². The van der Waals surface area contributed by atoms with Crippen molar-refractivity contribution < 1.29 is 4.74 Å². The van der Waals surface area contributed by atoms with Gasteiger partial charge in [0.05, 0.1) is 7.11 Å². The number of benzene rings is 2. The molecule has 0 aliphatic carbocycles. The van der Waals surface area contributed by atoms with E-state index in [-0.39, 0.29) is 0 Å². The van der Waals surface area contributed by atoms with Crippen molar-refractivity contribution >= 4 is 11.4 Å². The minimum Gasteiger partial charge on any atom is -0.497 e. The first-order valence-electron chi connectivity index (χ1n) is 6.80. The van der Waals surface area contributed by atoms with Gasteiger partial charge < -0.3 is 10.1 Å². The van der Waals surface area contributed by atoms with Gasteiger partial charge in [0, 0.05) is 17.4 Å². The Kier molecular flexibility index (Phi) is 4.45. The standard InChI is InChI=1S/C17H21NO/c1-4-13-8-6-9-14(5-2)17(13)18-15-10-7-11-16(12-15)19-3/h6-12,18H,4-5H2,1-3H3. The van der Waals surface area contributed by atoms with Gasteiger partial charge in [-0.3, -0.25) is 0 Å². The predicted octanol–water partition coefficient (Wildman–Crippen LogP) is 4.56. The molecule has 0 aliphatic heterocycles. The van der Waals surface area contributed by atoms with Crippen LogP contribution in [0.2, 0.25) is 0 Å². The fraction of sp³-hybridized carbons (Fsp3) is 0.294. The molecule has 0 radical (unpaired) electrons. The summed E-state index contributed by atoms with van der Waals surface area (Å²) in [5.41, 5.74) is 5.00. The van der Waals surface area contributed by atoms with Crippen molar-refractivity contribution in [2.75, 3.05) is 12.4 Å². The summed E-state index contributed by atoms with van der Waals surface area (Å²) in [6, 6.07) is 14.5. The quantitative estimate of drug-likeness (QED) is 0.845. The number of anilines is 2. The Labute approximate surface area is 115 Å². The first-order valence-corrected chi connectivity index (χ1v) is 6.80. The van der Waals surface area contributed by atoms with Gasteiger partial charge in [0.1, 0.15) is 5.75 Å². The molecule has 0 fully saturated rings. The number of ether oxygens (including phenoxy) is 1. The Balaban J connectivity index is 2.36. The molecular weight excluding hydrogens is 234 g/mol. The smallest absolute Gasteiger partial charge is 0.120 e. The maximum Gasteiger partial charge on any atom is 0.120 e. The Morgan fingerprint density at radius 2 is 1.58 bits per heavy atom. The molecule has 2 nitrogen and oxygen atoms in total. The average Bonchev–Trinajstić information content (AvgIpc) is 2.47. The molecule has 0 amide bonds. The lowest BCUT2D eigenvalue weighted by Crippen LogP contribution is -2.00. The number of aryl methyl sites for hydroxylation is 2. The lowest BCUT2D eigenvalue weighted by atomic mass is 10.0. The highest BCUT2D eigenvalue weighted by molar-refractivity contribution is 5.68. The van der Waals surface area contributed by atoms with Gasteiger partial charge in [0.2, 0.25) is 0 Å². The number of nitrogens with one attached hydrogen (secondary N) is 1. The van der Waals surface area contributed by atoms with E-state index >= 15 is 0 Å². The summed E-state index contributed by atoms with van der Waals surface area (Å²) >= 11 is 0. The maximum atomic E-state index is 5.27. The van der Waals surface area contributed by atoms with E-state index in [1.54, 1.807) is 7.11 Å². The summed E-state index contributed by atoms with van der Waals surface area (Å²) < 4.78 is 5.27. The second kappa shape index (κ2) is 6.28. The van der Waals surface area contributed by atoms with Crippen molar-refractivity contribution in [2.24, 2.45) is 0 Å². The third-order valence-corrected chi connectivity index (χ3v) is 3.34. The van der Waals surface area contributed by atoms with E-state index < -0.39 is 0 Å². The fourth-order valence-electron chi connectivity index (χ4n) is 2.25. The second-order valence-electron chi connectivity index (χ2n) is 4.52. The van der Waals surface area contributed by atoms with Gasteiger partial charge >= 0.3 is 0 Å². The van der Waals surface area contributed by atoms with Crippen LogP contribution in [0, 0.1) is 0 Å². The van der Waals surface area contributed by atoms with Crippen LogP contribution in [-0.2, 0) is 12.8 Å². The highest BCUT2D eigenvalue weighted by Crippen LogP contribution is 2.28. The Morgan fingerprint density at radius 3 is 2.16 bits per heavy atom. The maximum absolute atomic E-state index is 5.27. The normalized spacial score (nSPS) is 10.3. The Hall–Kier alpha value is -1.96. The number of para-hydroxylation sites is 1. The largest absolute Gasteiger partial charge is 0.497 e. The molecule has 0 saturated heterocycles. The van der Waals surface area contributed by atoms with Crippen LogP contribution < -0.4 is 10.1 Å². The zero-order valence-corrected chi connectivity index (χ0v) is 11.9. The summed E-state index contributed by atoms with van der Waals surface area (Å²) in [6.45, 7) is 4.37. The molecule has 2 rings (SSSR count). The topological polar surface area (TPSA) is 21.3 Å². The van der Waals surface area contributed by atoms with Crippen LogP contribution in [0.25, 0.3) is 0 Å². The van der Waals surface area contributed by atoms with E-state index in [0.29, 0.717) is 0 Å². The van der Waals surface area contributed by atoms with Gasteiger partial charge in [0.15, 0.2) is 0 Å². The van der Waals surface area contributed by atoms with Gasteiger partial charge in [-0.05, 0) is 36.1 Å². The van der Waals surface area contributed by atoms with Gasteiger partial charge in [-0.25, -0.2) is 0 Å². The zero-order valence-electron chi connectivity index (χ0n) is 11.9. The summed E-state index contributed by atoms with van der Waals surface area (Å²) in [4.78, 5) is 0. The third-order valence-electron chi connectivity index (χ3n) is 3.34. The van der Waals surface area contributed by atoms with Gasteiger partial charge in [-0.15, -0.1) is 0 Å². The Morgan fingerprint density at radius 1 is 0.947 bits per heavy atom. The molecule has 19 heavy (non-hydrogen) atoms. The number of hydrogen-bond donors (Lipinski definition) is 1. The van der Waals surface area contributed by atoms with Gasteiger partial charge in [-0.2, -0.15) is 0 Å². The molecular formula is C17H21NO. The molecule has 0 aromatic heterocycles. The molecule has 0 unspecified atom stereocenters. The van der Waals surface area contributed by atoms with E-state index in [1.807, 2.05) is 18.2 Å².